The van der Waals surface area contributed by atoms with Crippen molar-refractivity contribution in [3.05, 3.63) is 18.2 Å². The third-order valence-corrected chi connectivity index (χ3v) is 3.04. The first-order valence-corrected chi connectivity index (χ1v) is 6.79. The van der Waals surface area contributed by atoms with Crippen LogP contribution >= 0.6 is 0 Å². The zero-order valence-corrected chi connectivity index (χ0v) is 9.90. The van der Waals surface area contributed by atoms with Gasteiger partial charge < -0.3 is 14.2 Å². The fraction of sp³-hybridized carbons (Fsp3) is 0.400. The predicted octanol–water partition coefficient (Wildman–Crippen LogP) is 0.473. The number of fused-ring (bicyclic) bond motifs is 1. The van der Waals surface area contributed by atoms with E-state index in [1.807, 2.05) is 0 Å². The van der Waals surface area contributed by atoms with Crippen LogP contribution in [0.25, 0.3) is 0 Å². The minimum absolute atomic E-state index is 0.0858. The second-order valence-electron chi connectivity index (χ2n) is 3.58. The lowest BCUT2D eigenvalue weighted by atomic mass is 10.3. The van der Waals surface area contributed by atoms with E-state index >= 15 is 0 Å². The quantitative estimate of drug-likeness (QED) is 0.777. The summed E-state index contributed by atoms with van der Waals surface area (Å²) in [5.74, 6) is 1.84. The maximum absolute atomic E-state index is 10.7. The van der Waals surface area contributed by atoms with E-state index in [0.717, 1.165) is 0 Å². The first-order chi connectivity index (χ1) is 8.04. The standard InChI is InChI=1S/C10H13NO5S/c11-17(12,13)5-1-4-14-8-2-3-9-10(6-8)16-7-15-9/h2-3,6H,1,4-5,7H2,(H2,11,12,13). The van der Waals surface area contributed by atoms with E-state index in [-0.39, 0.29) is 19.2 Å². The van der Waals surface area contributed by atoms with Crippen molar-refractivity contribution in [2.24, 2.45) is 5.14 Å². The lowest BCUT2D eigenvalue weighted by Gasteiger charge is -2.06. The Kier molecular flexibility index (Phi) is 3.39. The van der Waals surface area contributed by atoms with Crippen LogP contribution in [0.1, 0.15) is 6.42 Å². The molecule has 0 saturated carbocycles. The normalized spacial score (nSPS) is 13.7. The second-order valence-corrected chi connectivity index (χ2v) is 5.32. The van der Waals surface area contributed by atoms with Crippen molar-refractivity contribution in [2.75, 3.05) is 19.2 Å². The van der Waals surface area contributed by atoms with Crippen LogP contribution in [0.3, 0.4) is 0 Å². The zero-order chi connectivity index (χ0) is 12.3. The molecule has 0 aliphatic carbocycles. The van der Waals surface area contributed by atoms with Crippen LogP contribution in [0, 0.1) is 0 Å². The van der Waals surface area contributed by atoms with Gasteiger partial charge in [0.2, 0.25) is 16.8 Å². The molecule has 94 valence electrons. The molecule has 1 heterocycles. The average molecular weight is 259 g/mol. The summed E-state index contributed by atoms with van der Waals surface area (Å²) in [7, 11) is -3.41. The Morgan fingerprint density at radius 2 is 2.06 bits per heavy atom. The molecule has 0 bridgehead atoms. The fourth-order valence-electron chi connectivity index (χ4n) is 1.42. The highest BCUT2D eigenvalue weighted by atomic mass is 32.2. The highest BCUT2D eigenvalue weighted by molar-refractivity contribution is 7.89. The average Bonchev–Trinajstić information content (AvgIpc) is 2.70. The lowest BCUT2D eigenvalue weighted by molar-refractivity contribution is 0.173. The van der Waals surface area contributed by atoms with Gasteiger partial charge in [0, 0.05) is 6.07 Å². The minimum Gasteiger partial charge on any atom is -0.493 e. The van der Waals surface area contributed by atoms with E-state index in [2.05, 4.69) is 0 Å². The number of sulfonamides is 1. The van der Waals surface area contributed by atoms with E-state index in [4.69, 9.17) is 19.3 Å². The van der Waals surface area contributed by atoms with Gasteiger partial charge in [-0.05, 0) is 18.6 Å². The number of rotatable bonds is 5. The highest BCUT2D eigenvalue weighted by Gasteiger charge is 2.13. The number of nitrogens with two attached hydrogens (primary N) is 1. The smallest absolute Gasteiger partial charge is 0.231 e. The van der Waals surface area contributed by atoms with Crippen molar-refractivity contribution < 1.29 is 22.6 Å². The van der Waals surface area contributed by atoms with Crippen LogP contribution in [-0.2, 0) is 10.0 Å². The summed E-state index contributed by atoms with van der Waals surface area (Å²) in [5, 5.41) is 4.87. The third-order valence-electron chi connectivity index (χ3n) is 2.19. The van der Waals surface area contributed by atoms with Gasteiger partial charge in [0.1, 0.15) is 5.75 Å². The third kappa shape index (κ3) is 3.50. The van der Waals surface area contributed by atoms with E-state index < -0.39 is 10.0 Å². The monoisotopic (exact) mass is 259 g/mol. The van der Waals surface area contributed by atoms with Crippen molar-refractivity contribution in [1.82, 2.24) is 0 Å². The molecule has 2 rings (SSSR count). The molecule has 1 aromatic carbocycles. The summed E-state index contributed by atoms with van der Waals surface area (Å²) < 4.78 is 37.1. The van der Waals surface area contributed by atoms with Crippen LogP contribution in [0.5, 0.6) is 17.2 Å². The van der Waals surface area contributed by atoms with Gasteiger partial charge in [0.25, 0.3) is 0 Å². The number of hydrogen-bond acceptors (Lipinski definition) is 5. The van der Waals surface area contributed by atoms with E-state index in [0.29, 0.717) is 23.7 Å². The van der Waals surface area contributed by atoms with Crippen molar-refractivity contribution in [3.8, 4) is 17.2 Å². The molecule has 0 aromatic heterocycles. The van der Waals surface area contributed by atoms with Gasteiger partial charge in [-0.1, -0.05) is 0 Å². The maximum atomic E-state index is 10.7. The van der Waals surface area contributed by atoms with E-state index in [9.17, 15) is 8.42 Å². The zero-order valence-electron chi connectivity index (χ0n) is 9.09. The van der Waals surface area contributed by atoms with Gasteiger partial charge in [0.05, 0.1) is 12.4 Å². The molecule has 0 unspecified atom stereocenters. The van der Waals surface area contributed by atoms with Crippen LogP contribution in [0.4, 0.5) is 0 Å². The summed E-state index contributed by atoms with van der Waals surface area (Å²) in [6.45, 7) is 0.500. The molecular formula is C10H13NO5S. The summed E-state index contributed by atoms with van der Waals surface area (Å²) >= 11 is 0. The predicted molar refractivity (Wildman–Crippen MR) is 60.7 cm³/mol. The first kappa shape index (κ1) is 12.0. The Bertz CT molecular complexity index is 499. The Morgan fingerprint density at radius 1 is 1.29 bits per heavy atom. The number of benzene rings is 1. The summed E-state index contributed by atoms with van der Waals surface area (Å²) in [6, 6.07) is 5.20. The lowest BCUT2D eigenvalue weighted by Crippen LogP contribution is -2.18. The molecule has 17 heavy (non-hydrogen) atoms. The molecule has 1 aliphatic rings. The SMILES string of the molecule is NS(=O)(=O)CCCOc1ccc2c(c1)OCO2. The molecule has 7 heteroatoms. The van der Waals surface area contributed by atoms with Gasteiger partial charge >= 0.3 is 0 Å². The van der Waals surface area contributed by atoms with Gasteiger partial charge in [-0.15, -0.1) is 0 Å². The van der Waals surface area contributed by atoms with Crippen LogP contribution < -0.4 is 19.3 Å². The fourth-order valence-corrected chi connectivity index (χ4v) is 1.94. The largest absolute Gasteiger partial charge is 0.493 e. The van der Waals surface area contributed by atoms with Crippen molar-refractivity contribution in [2.45, 2.75) is 6.42 Å². The minimum atomic E-state index is -3.41. The van der Waals surface area contributed by atoms with Gasteiger partial charge in [-0.25, -0.2) is 13.6 Å². The van der Waals surface area contributed by atoms with Crippen molar-refractivity contribution in [1.29, 1.82) is 0 Å². The van der Waals surface area contributed by atoms with Gasteiger partial charge in [-0.2, -0.15) is 0 Å². The Labute approximate surface area is 99.3 Å². The topological polar surface area (TPSA) is 87.9 Å². The first-order valence-electron chi connectivity index (χ1n) is 5.07. The number of hydrogen-bond donors (Lipinski definition) is 1. The molecule has 1 aromatic rings. The summed E-state index contributed by atoms with van der Waals surface area (Å²) in [5.41, 5.74) is 0. The van der Waals surface area contributed by atoms with Crippen LogP contribution in [0.15, 0.2) is 18.2 Å². The Balaban J connectivity index is 1.84. The summed E-state index contributed by atoms with van der Waals surface area (Å²) in [6.07, 6.45) is 0.354. The van der Waals surface area contributed by atoms with Gasteiger partial charge in [-0.3, -0.25) is 0 Å². The molecular weight excluding hydrogens is 246 g/mol. The van der Waals surface area contributed by atoms with Crippen LogP contribution in [0.2, 0.25) is 0 Å². The number of primary sulfonamides is 1. The van der Waals surface area contributed by atoms with E-state index in [1.165, 1.54) is 0 Å². The molecule has 6 nitrogen and oxygen atoms in total. The molecule has 0 radical (unpaired) electrons. The molecule has 0 atom stereocenters. The molecule has 0 amide bonds. The molecule has 1 aliphatic heterocycles. The molecule has 0 saturated heterocycles. The Hall–Kier alpha value is -1.47. The van der Waals surface area contributed by atoms with Crippen molar-refractivity contribution >= 4 is 10.0 Å². The van der Waals surface area contributed by atoms with Crippen LogP contribution in [-0.4, -0.2) is 27.6 Å². The molecule has 2 N–H and O–H groups in total. The highest BCUT2D eigenvalue weighted by Crippen LogP contribution is 2.35. The van der Waals surface area contributed by atoms with Crippen molar-refractivity contribution in [3.63, 3.8) is 0 Å². The van der Waals surface area contributed by atoms with E-state index in [1.54, 1.807) is 18.2 Å². The summed E-state index contributed by atoms with van der Waals surface area (Å²) in [4.78, 5) is 0. The molecule has 0 spiro atoms. The maximum Gasteiger partial charge on any atom is 0.231 e. The second kappa shape index (κ2) is 4.80. The number of ether oxygens (including phenoxy) is 3. The molecule has 0 fully saturated rings. The Morgan fingerprint density at radius 3 is 2.82 bits per heavy atom. The van der Waals surface area contributed by atoms with Gasteiger partial charge in [0.15, 0.2) is 11.5 Å².